The van der Waals surface area contributed by atoms with Crippen molar-refractivity contribution in [1.29, 1.82) is 0 Å². The summed E-state index contributed by atoms with van der Waals surface area (Å²) < 4.78 is 0. The zero-order valence-electron chi connectivity index (χ0n) is 10.7. The van der Waals surface area contributed by atoms with Crippen LogP contribution in [0.3, 0.4) is 0 Å². The summed E-state index contributed by atoms with van der Waals surface area (Å²) in [7, 11) is 0. The molecule has 1 N–H and O–H groups in total. The lowest BCUT2D eigenvalue weighted by Crippen LogP contribution is -2.35. The number of pyridine rings is 1. The molecule has 102 valence electrons. The quantitative estimate of drug-likeness (QED) is 0.845. The van der Waals surface area contributed by atoms with Crippen molar-refractivity contribution in [1.82, 2.24) is 4.98 Å². The fourth-order valence-electron chi connectivity index (χ4n) is 3.44. The van der Waals surface area contributed by atoms with Crippen molar-refractivity contribution in [2.45, 2.75) is 38.1 Å². The van der Waals surface area contributed by atoms with Gasteiger partial charge >= 0.3 is 5.97 Å². The summed E-state index contributed by atoms with van der Waals surface area (Å²) in [6.45, 7) is 0.960. The predicted molar refractivity (Wildman–Crippen MR) is 73.9 cm³/mol. The minimum atomic E-state index is -0.954. The molecular weight excluding hydrogens is 264 g/mol. The third-order valence-electron chi connectivity index (χ3n) is 4.33. The van der Waals surface area contributed by atoms with E-state index in [1.807, 2.05) is 0 Å². The number of aromatic nitrogens is 1. The van der Waals surface area contributed by atoms with Gasteiger partial charge in [0, 0.05) is 12.6 Å². The molecule has 1 aliphatic carbocycles. The minimum Gasteiger partial charge on any atom is -0.478 e. The Bertz CT molecular complexity index is 506. The number of rotatable bonds is 2. The molecule has 1 saturated carbocycles. The molecule has 0 radical (unpaired) electrons. The maximum Gasteiger partial charge on any atom is 0.335 e. The van der Waals surface area contributed by atoms with Crippen molar-refractivity contribution in [2.24, 2.45) is 5.92 Å². The van der Waals surface area contributed by atoms with Crippen LogP contribution in [0.5, 0.6) is 0 Å². The SMILES string of the molecule is O=C(O)c1cc(Cl)nc(N2CCC3CCCCC32)c1. The summed E-state index contributed by atoms with van der Waals surface area (Å²) >= 11 is 5.95. The number of fused-ring (bicyclic) bond motifs is 1. The van der Waals surface area contributed by atoms with Crippen molar-refractivity contribution in [3.8, 4) is 0 Å². The van der Waals surface area contributed by atoms with Gasteiger partial charge in [-0.1, -0.05) is 24.4 Å². The molecular formula is C14H17ClN2O2. The van der Waals surface area contributed by atoms with Crippen LogP contribution in [-0.4, -0.2) is 28.6 Å². The van der Waals surface area contributed by atoms with Crippen molar-refractivity contribution in [3.05, 3.63) is 22.8 Å². The number of carboxylic acids is 1. The Morgan fingerprint density at radius 1 is 1.32 bits per heavy atom. The highest BCUT2D eigenvalue weighted by Crippen LogP contribution is 2.38. The summed E-state index contributed by atoms with van der Waals surface area (Å²) in [4.78, 5) is 17.7. The number of anilines is 1. The second kappa shape index (κ2) is 5.00. The molecule has 0 aromatic carbocycles. The summed E-state index contributed by atoms with van der Waals surface area (Å²) in [6.07, 6.45) is 6.22. The van der Waals surface area contributed by atoms with E-state index in [9.17, 15) is 4.79 Å². The highest BCUT2D eigenvalue weighted by molar-refractivity contribution is 6.29. The first-order chi connectivity index (χ1) is 9.15. The molecule has 0 spiro atoms. The topological polar surface area (TPSA) is 53.4 Å². The van der Waals surface area contributed by atoms with Crippen molar-refractivity contribution in [3.63, 3.8) is 0 Å². The van der Waals surface area contributed by atoms with Crippen molar-refractivity contribution >= 4 is 23.4 Å². The van der Waals surface area contributed by atoms with Gasteiger partial charge in [-0.2, -0.15) is 0 Å². The van der Waals surface area contributed by atoms with Gasteiger partial charge in [0.15, 0.2) is 0 Å². The number of nitrogens with zero attached hydrogens (tertiary/aromatic N) is 2. The van der Waals surface area contributed by atoms with Gasteiger partial charge in [0.1, 0.15) is 11.0 Å². The molecule has 2 unspecified atom stereocenters. The van der Waals surface area contributed by atoms with E-state index in [1.165, 1.54) is 38.2 Å². The molecule has 5 heteroatoms. The molecule has 2 aliphatic rings. The largest absolute Gasteiger partial charge is 0.478 e. The second-order valence-corrected chi connectivity index (χ2v) is 5.82. The first-order valence-corrected chi connectivity index (χ1v) is 7.20. The monoisotopic (exact) mass is 280 g/mol. The Morgan fingerprint density at radius 3 is 2.89 bits per heavy atom. The van der Waals surface area contributed by atoms with E-state index < -0.39 is 5.97 Å². The maximum atomic E-state index is 11.1. The Labute approximate surface area is 117 Å². The van der Waals surface area contributed by atoms with Gasteiger partial charge in [-0.25, -0.2) is 9.78 Å². The Morgan fingerprint density at radius 2 is 2.11 bits per heavy atom. The molecule has 2 fully saturated rings. The van der Waals surface area contributed by atoms with E-state index in [4.69, 9.17) is 16.7 Å². The Kier molecular flexibility index (Phi) is 3.35. The highest BCUT2D eigenvalue weighted by Gasteiger charge is 2.36. The molecule has 19 heavy (non-hydrogen) atoms. The number of carboxylic acid groups (broad SMARTS) is 1. The van der Waals surface area contributed by atoms with E-state index in [-0.39, 0.29) is 10.7 Å². The summed E-state index contributed by atoms with van der Waals surface area (Å²) in [5.74, 6) is 0.507. The van der Waals surface area contributed by atoms with E-state index in [0.717, 1.165) is 18.3 Å². The van der Waals surface area contributed by atoms with Crippen LogP contribution in [0.2, 0.25) is 5.15 Å². The molecule has 1 aromatic heterocycles. The van der Waals surface area contributed by atoms with Crippen LogP contribution in [-0.2, 0) is 0 Å². The first-order valence-electron chi connectivity index (χ1n) is 6.82. The van der Waals surface area contributed by atoms with Crippen LogP contribution >= 0.6 is 11.6 Å². The smallest absolute Gasteiger partial charge is 0.335 e. The average Bonchev–Trinajstić information content (AvgIpc) is 2.81. The lowest BCUT2D eigenvalue weighted by Gasteiger charge is -2.32. The number of carbonyl (C=O) groups is 1. The van der Waals surface area contributed by atoms with E-state index >= 15 is 0 Å². The van der Waals surface area contributed by atoms with E-state index in [0.29, 0.717) is 6.04 Å². The number of hydrogen-bond acceptors (Lipinski definition) is 3. The molecule has 2 atom stereocenters. The Hall–Kier alpha value is -1.29. The first kappa shape index (κ1) is 12.7. The molecule has 1 saturated heterocycles. The predicted octanol–water partition coefficient (Wildman–Crippen LogP) is 3.20. The Balaban J connectivity index is 1.91. The van der Waals surface area contributed by atoms with E-state index in [2.05, 4.69) is 9.88 Å². The lowest BCUT2D eigenvalue weighted by atomic mass is 9.85. The van der Waals surface area contributed by atoms with Crippen LogP contribution in [0.25, 0.3) is 0 Å². The van der Waals surface area contributed by atoms with Gasteiger partial charge in [-0.3, -0.25) is 0 Å². The molecule has 0 amide bonds. The van der Waals surface area contributed by atoms with Gasteiger partial charge in [0.25, 0.3) is 0 Å². The van der Waals surface area contributed by atoms with Gasteiger partial charge in [-0.15, -0.1) is 0 Å². The zero-order valence-corrected chi connectivity index (χ0v) is 11.4. The summed E-state index contributed by atoms with van der Waals surface area (Å²) in [5, 5.41) is 9.36. The van der Waals surface area contributed by atoms with Crippen LogP contribution in [0.1, 0.15) is 42.5 Å². The fraction of sp³-hybridized carbons (Fsp3) is 0.571. The van der Waals surface area contributed by atoms with Crippen LogP contribution in [0.4, 0.5) is 5.82 Å². The van der Waals surface area contributed by atoms with Crippen LogP contribution in [0.15, 0.2) is 12.1 Å². The lowest BCUT2D eigenvalue weighted by molar-refractivity contribution is 0.0697. The highest BCUT2D eigenvalue weighted by atomic mass is 35.5. The summed E-state index contributed by atoms with van der Waals surface area (Å²) in [5.41, 5.74) is 0.217. The number of halogens is 1. The zero-order chi connectivity index (χ0) is 13.4. The van der Waals surface area contributed by atoms with Gasteiger partial charge in [-0.05, 0) is 37.3 Å². The standard InChI is InChI=1S/C14H17ClN2O2/c15-12-7-10(14(18)19)8-13(16-12)17-6-5-9-3-1-2-4-11(9)17/h7-9,11H,1-6H2,(H,18,19). The third kappa shape index (κ3) is 2.41. The van der Waals surface area contributed by atoms with Crippen molar-refractivity contribution < 1.29 is 9.90 Å². The number of aromatic carboxylic acids is 1. The van der Waals surface area contributed by atoms with Crippen molar-refractivity contribution in [2.75, 3.05) is 11.4 Å². The fourth-order valence-corrected chi connectivity index (χ4v) is 3.65. The second-order valence-electron chi connectivity index (χ2n) is 5.44. The van der Waals surface area contributed by atoms with Gasteiger partial charge in [0.2, 0.25) is 0 Å². The third-order valence-corrected chi connectivity index (χ3v) is 4.53. The molecule has 1 aromatic rings. The maximum absolute atomic E-state index is 11.1. The molecule has 0 bridgehead atoms. The van der Waals surface area contributed by atoms with E-state index in [1.54, 1.807) is 6.07 Å². The molecule has 1 aliphatic heterocycles. The average molecular weight is 281 g/mol. The van der Waals surface area contributed by atoms with Crippen LogP contribution < -0.4 is 4.90 Å². The minimum absolute atomic E-state index is 0.217. The number of hydrogen-bond donors (Lipinski definition) is 1. The van der Waals surface area contributed by atoms with Gasteiger partial charge < -0.3 is 10.0 Å². The van der Waals surface area contributed by atoms with Gasteiger partial charge in [0.05, 0.1) is 5.56 Å². The normalized spacial score (nSPS) is 26.3. The molecule has 3 rings (SSSR count). The van der Waals surface area contributed by atoms with Crippen LogP contribution in [0, 0.1) is 5.92 Å². The molecule has 2 heterocycles. The summed E-state index contributed by atoms with van der Waals surface area (Å²) in [6, 6.07) is 3.56. The molecule has 4 nitrogen and oxygen atoms in total.